The molecule has 332 valence electrons. The van der Waals surface area contributed by atoms with Crippen LogP contribution in [0.3, 0.4) is 0 Å². The van der Waals surface area contributed by atoms with Gasteiger partial charge in [0, 0.05) is 87.8 Å². The molecule has 3 aromatic carbocycles. The minimum Gasteiger partial charge on any atom is -0.423 e. The van der Waals surface area contributed by atoms with Gasteiger partial charge in [0.2, 0.25) is 0 Å². The minimum atomic E-state index is -1.54. The van der Waals surface area contributed by atoms with Crippen LogP contribution in [0, 0.1) is 60.0 Å². The summed E-state index contributed by atoms with van der Waals surface area (Å²) in [6.07, 6.45) is 5.29. The van der Waals surface area contributed by atoms with Gasteiger partial charge in [-0.05, 0) is 149 Å². The van der Waals surface area contributed by atoms with Crippen LogP contribution in [0.2, 0.25) is 0 Å². The second-order valence-electron chi connectivity index (χ2n) is 13.3. The van der Waals surface area contributed by atoms with Crippen LogP contribution in [0.5, 0.6) is 0 Å². The summed E-state index contributed by atoms with van der Waals surface area (Å²) < 4.78 is 51.5. The second kappa shape index (κ2) is 22.3. The Kier molecular flexibility index (Phi) is 16.9. The Bertz CT molecular complexity index is 3100. The molecule has 0 aliphatic carbocycles. The van der Waals surface area contributed by atoms with Crippen molar-refractivity contribution in [3.05, 3.63) is 163 Å². The van der Waals surface area contributed by atoms with Gasteiger partial charge in [-0.25, -0.2) is 13.1 Å². The Hall–Kier alpha value is -5.25. The van der Waals surface area contributed by atoms with Gasteiger partial charge >= 0.3 is 7.12 Å². The van der Waals surface area contributed by atoms with Crippen LogP contribution < -0.4 is 10.5 Å². The second-order valence-corrected chi connectivity index (χ2v) is 20.6. The number of nitrogens with zero attached hydrogens (tertiary/aromatic N) is 5. The number of hydrogen-bond donors (Lipinski definition) is 3. The van der Waals surface area contributed by atoms with E-state index < -0.39 is 17.2 Å². The SMILES string of the molecule is Cc1sncc1-c1ccc(-c2ccc(F)s2)c(N)c1.Cc1sncc1-c1ccc(-c2ccc(F)s2)c([N+](=O)[O-])c1.Cc1sncc1-c1ccc(I)c([N+](=O)[O-])c1.OB(O)c1ccc(F)s1. The molecule has 0 aliphatic rings. The predicted molar refractivity (Wildman–Crippen MR) is 268 cm³/mol. The highest BCUT2D eigenvalue weighted by atomic mass is 127. The largest absolute Gasteiger partial charge is 0.499 e. The molecule has 0 bridgehead atoms. The smallest absolute Gasteiger partial charge is 0.423 e. The molecule has 65 heavy (non-hydrogen) atoms. The molecular weight excluding hydrogens is 1070 g/mol. The van der Waals surface area contributed by atoms with Crippen molar-refractivity contribution in [3.63, 3.8) is 0 Å². The van der Waals surface area contributed by atoms with Crippen LogP contribution in [-0.4, -0.2) is 40.1 Å². The number of aromatic nitrogens is 3. The van der Waals surface area contributed by atoms with E-state index in [0.717, 1.165) is 92.5 Å². The first-order valence-corrected chi connectivity index (χ1v) is 24.3. The summed E-state index contributed by atoms with van der Waals surface area (Å²) in [5, 5.41) is 38.0. The Labute approximate surface area is 407 Å². The summed E-state index contributed by atoms with van der Waals surface area (Å²) in [6, 6.07) is 24.7. The number of rotatable bonds is 8. The number of nitro groups is 2. The highest BCUT2D eigenvalue weighted by molar-refractivity contribution is 14.1. The summed E-state index contributed by atoms with van der Waals surface area (Å²) in [5.74, 6) is 0. The van der Waals surface area contributed by atoms with Crippen molar-refractivity contribution < 1.29 is 33.1 Å². The zero-order valence-corrected chi connectivity index (χ0v) is 40.8. The van der Waals surface area contributed by atoms with Crippen molar-refractivity contribution >= 4 is 120 Å². The first-order chi connectivity index (χ1) is 31.0. The maximum atomic E-state index is 13.1. The average Bonchev–Trinajstić information content (AvgIpc) is 4.15. The first-order valence-electron chi connectivity index (χ1n) is 18.5. The predicted octanol–water partition coefficient (Wildman–Crippen LogP) is 12.7. The van der Waals surface area contributed by atoms with Crippen LogP contribution in [-0.2, 0) is 0 Å². The zero-order chi connectivity index (χ0) is 46.9. The summed E-state index contributed by atoms with van der Waals surface area (Å²) in [6.45, 7) is 5.91. The number of nitrogens with two attached hydrogens (primary N) is 1. The molecule has 6 aromatic heterocycles. The summed E-state index contributed by atoms with van der Waals surface area (Å²) in [4.78, 5) is 26.0. The number of anilines is 1. The van der Waals surface area contributed by atoms with Gasteiger partial charge < -0.3 is 15.8 Å². The Morgan fingerprint density at radius 2 is 0.985 bits per heavy atom. The van der Waals surface area contributed by atoms with Gasteiger partial charge in [0.05, 0.1) is 19.0 Å². The molecule has 9 rings (SSSR count). The topological polar surface area (TPSA) is 191 Å². The van der Waals surface area contributed by atoms with Gasteiger partial charge in [0.1, 0.15) is 0 Å². The maximum Gasteiger partial charge on any atom is 0.499 e. The molecule has 0 amide bonds. The molecule has 0 atom stereocenters. The maximum absolute atomic E-state index is 13.1. The fourth-order valence-electron chi connectivity index (χ4n) is 5.95. The lowest BCUT2D eigenvalue weighted by molar-refractivity contribution is -0.385. The van der Waals surface area contributed by atoms with Gasteiger partial charge in [0.25, 0.3) is 11.4 Å². The summed E-state index contributed by atoms with van der Waals surface area (Å²) >= 11 is 8.91. The third-order valence-electron chi connectivity index (χ3n) is 9.10. The third-order valence-corrected chi connectivity index (χ3v) is 14.9. The molecule has 0 spiro atoms. The molecule has 9 aromatic rings. The van der Waals surface area contributed by atoms with Crippen molar-refractivity contribution in [3.8, 4) is 54.3 Å². The molecule has 23 heteroatoms. The highest BCUT2D eigenvalue weighted by Crippen LogP contribution is 2.39. The van der Waals surface area contributed by atoms with E-state index in [2.05, 4.69) is 13.1 Å². The number of nitrogen functional groups attached to an aromatic ring is 1. The Morgan fingerprint density at radius 3 is 1.35 bits per heavy atom. The molecule has 0 radical (unpaired) electrons. The van der Waals surface area contributed by atoms with Crippen molar-refractivity contribution in [2.75, 3.05) is 5.73 Å². The lowest BCUT2D eigenvalue weighted by Crippen LogP contribution is -2.26. The normalized spacial score (nSPS) is 10.5. The summed E-state index contributed by atoms with van der Waals surface area (Å²) in [5.41, 5.74) is 13.7. The van der Waals surface area contributed by atoms with Gasteiger partial charge in [-0.15, -0.1) is 34.0 Å². The third kappa shape index (κ3) is 12.6. The van der Waals surface area contributed by atoms with Gasteiger partial charge in [-0.2, -0.15) is 13.2 Å². The van der Waals surface area contributed by atoms with Crippen LogP contribution in [0.15, 0.2) is 110 Å². The quantitative estimate of drug-likeness (QED) is 0.0434. The average molecular weight is 1100 g/mol. The van der Waals surface area contributed by atoms with Crippen LogP contribution >= 0.6 is 91.2 Å². The van der Waals surface area contributed by atoms with E-state index in [1.807, 2.05) is 73.8 Å². The lowest BCUT2D eigenvalue weighted by atomic mass is 9.90. The van der Waals surface area contributed by atoms with Crippen molar-refractivity contribution in [1.82, 2.24) is 13.1 Å². The minimum absolute atomic E-state index is 0.0278. The van der Waals surface area contributed by atoms with Gasteiger partial charge in [-0.1, -0.05) is 24.3 Å². The van der Waals surface area contributed by atoms with E-state index >= 15 is 0 Å². The highest BCUT2D eigenvalue weighted by Gasteiger charge is 2.20. The molecule has 0 saturated carbocycles. The molecular formula is C42H31BF3IN6O6S6. The molecule has 12 nitrogen and oxygen atoms in total. The van der Waals surface area contributed by atoms with Crippen molar-refractivity contribution in [1.29, 1.82) is 0 Å². The molecule has 0 fully saturated rings. The number of nitro benzene ring substituents is 2. The van der Waals surface area contributed by atoms with E-state index in [9.17, 15) is 33.4 Å². The van der Waals surface area contributed by atoms with E-state index in [1.165, 1.54) is 64.9 Å². The summed E-state index contributed by atoms with van der Waals surface area (Å²) in [7, 11) is -1.54. The Balaban J connectivity index is 0.000000149. The number of thiophene rings is 3. The van der Waals surface area contributed by atoms with Gasteiger partial charge in [-0.3, -0.25) is 20.2 Å². The molecule has 6 heterocycles. The first kappa shape index (κ1) is 49.2. The van der Waals surface area contributed by atoms with Crippen LogP contribution in [0.25, 0.3) is 54.3 Å². The standard InChI is InChI=1S/C14H9FN2O2S2.C14H11FN2S2.C10H7IN2O2S.C4H4BFO2S/c1-8-11(7-16-21-8)9-2-3-10(12(6-9)17(18)19)13-4-5-14(15)20-13;1-8-11(7-17-19-8)9-2-3-10(12(16)6-9)13-4-5-14(15)18-13;1-6-8(5-12-16-6)7-2-3-9(11)10(4-7)13(14)15;6-4-2-1-3(9-4)5(7)8/h2-7H,1H3;2-7H,16H2,1H3;2-5H,1H3;1-2,7-8H. The molecule has 0 aliphatic heterocycles. The number of aryl methyl sites for hydroxylation is 3. The number of hydrogen-bond acceptors (Lipinski definition) is 16. The van der Waals surface area contributed by atoms with E-state index in [4.69, 9.17) is 15.8 Å². The lowest BCUT2D eigenvalue weighted by Gasteiger charge is -2.06. The van der Waals surface area contributed by atoms with Gasteiger partial charge in [0.15, 0.2) is 15.4 Å². The fraction of sp³-hybridized carbons (Fsp3) is 0.0714. The zero-order valence-electron chi connectivity index (χ0n) is 33.8. The Morgan fingerprint density at radius 1 is 0.569 bits per heavy atom. The van der Waals surface area contributed by atoms with Crippen molar-refractivity contribution in [2.24, 2.45) is 0 Å². The molecule has 4 N–H and O–H groups in total. The van der Waals surface area contributed by atoms with E-state index in [1.54, 1.807) is 48.8 Å². The van der Waals surface area contributed by atoms with Crippen LogP contribution in [0.4, 0.5) is 30.2 Å². The molecule has 0 saturated heterocycles. The van der Waals surface area contributed by atoms with Crippen molar-refractivity contribution in [2.45, 2.75) is 20.8 Å². The fourth-order valence-corrected chi connectivity index (χ4v) is 10.4. The molecule has 0 unspecified atom stereocenters. The number of halogens is 4. The monoisotopic (exact) mass is 1100 g/mol. The van der Waals surface area contributed by atoms with E-state index in [0.29, 0.717) is 19.7 Å². The van der Waals surface area contributed by atoms with E-state index in [-0.39, 0.29) is 31.3 Å². The van der Waals surface area contributed by atoms with Crippen LogP contribution in [0.1, 0.15) is 14.6 Å². The number of benzene rings is 3.